The number of hydrogen-bond donors (Lipinski definition) is 2. The third kappa shape index (κ3) is 7.62. The van der Waals surface area contributed by atoms with E-state index in [1.807, 2.05) is 18.4 Å². The summed E-state index contributed by atoms with van der Waals surface area (Å²) in [5.74, 6) is -0.151. The quantitative estimate of drug-likeness (QED) is 0.152. The summed E-state index contributed by atoms with van der Waals surface area (Å²) in [5, 5.41) is 14.6. The number of rotatable bonds is 14. The van der Waals surface area contributed by atoms with E-state index in [0.29, 0.717) is 33.5 Å². The number of hydrogen-bond acceptors (Lipinski definition) is 10. The SMILES string of the molecule is COC(=O)c1cc2ncn(CCC(C)(C)NC[C@H](O)c3cccc(N(S(=O)(=O)c4ccccc4)S(=O)(=O)c4ccccc4)c3)c2cc1OC. The van der Waals surface area contributed by atoms with Crippen molar-refractivity contribution in [1.82, 2.24) is 14.9 Å². The van der Waals surface area contributed by atoms with Crippen molar-refractivity contribution in [1.29, 1.82) is 0 Å². The Labute approximate surface area is 286 Å². The van der Waals surface area contributed by atoms with Crippen LogP contribution in [-0.2, 0) is 31.3 Å². The number of methoxy groups -OCH3 is 2. The number of aliphatic hydroxyl groups is 1. The second kappa shape index (κ2) is 14.4. The van der Waals surface area contributed by atoms with Crippen LogP contribution < -0.4 is 13.8 Å². The van der Waals surface area contributed by atoms with Crippen molar-refractivity contribution in [2.45, 2.75) is 48.2 Å². The Hall–Kier alpha value is -4.76. The number of benzene rings is 4. The van der Waals surface area contributed by atoms with E-state index in [1.54, 1.807) is 36.7 Å². The van der Waals surface area contributed by atoms with Crippen molar-refractivity contribution < 1.29 is 36.2 Å². The lowest BCUT2D eigenvalue weighted by Gasteiger charge is -2.29. The Morgan fingerprint density at radius 2 is 1.51 bits per heavy atom. The molecular formula is C35H38N4O8S2. The van der Waals surface area contributed by atoms with E-state index in [1.165, 1.54) is 80.9 Å². The summed E-state index contributed by atoms with van der Waals surface area (Å²) >= 11 is 0. The number of anilines is 1. The number of ether oxygens (including phenoxy) is 2. The second-order valence-corrected chi connectivity index (χ2v) is 15.7. The number of β-amino-alcohol motifs (C(OH)–C–C–N with tert-alkyl or cyclic N) is 1. The van der Waals surface area contributed by atoms with Gasteiger partial charge in [0.25, 0.3) is 20.0 Å². The Morgan fingerprint density at radius 1 is 0.898 bits per heavy atom. The largest absolute Gasteiger partial charge is 0.496 e. The number of nitrogens with one attached hydrogen (secondary N) is 1. The fourth-order valence-electron chi connectivity index (χ4n) is 5.31. The number of esters is 1. The van der Waals surface area contributed by atoms with Crippen molar-refractivity contribution in [2.75, 3.05) is 24.5 Å². The molecule has 4 aromatic carbocycles. The summed E-state index contributed by atoms with van der Waals surface area (Å²) in [6, 6.07) is 23.9. The molecule has 2 N–H and O–H groups in total. The van der Waals surface area contributed by atoms with Crippen molar-refractivity contribution in [3.8, 4) is 5.75 Å². The van der Waals surface area contributed by atoms with Gasteiger partial charge in [0.05, 0.1) is 53.2 Å². The van der Waals surface area contributed by atoms with Crippen LogP contribution in [0.15, 0.2) is 113 Å². The highest BCUT2D eigenvalue weighted by Gasteiger charge is 2.37. The van der Waals surface area contributed by atoms with Gasteiger partial charge in [-0.3, -0.25) is 0 Å². The van der Waals surface area contributed by atoms with Gasteiger partial charge in [0.1, 0.15) is 11.3 Å². The van der Waals surface area contributed by atoms with Crippen LogP contribution in [0.2, 0.25) is 0 Å². The highest BCUT2D eigenvalue weighted by atomic mass is 32.3. The van der Waals surface area contributed by atoms with E-state index in [9.17, 15) is 26.7 Å². The van der Waals surface area contributed by atoms with E-state index in [2.05, 4.69) is 10.3 Å². The Kier molecular flexibility index (Phi) is 10.4. The summed E-state index contributed by atoms with van der Waals surface area (Å²) in [6.45, 7) is 4.60. The highest BCUT2D eigenvalue weighted by Crippen LogP contribution is 2.33. The smallest absolute Gasteiger partial charge is 0.341 e. The first-order valence-corrected chi connectivity index (χ1v) is 18.2. The van der Waals surface area contributed by atoms with Gasteiger partial charge in [0, 0.05) is 24.7 Å². The zero-order valence-corrected chi connectivity index (χ0v) is 29.1. The number of aryl methyl sites for hydroxylation is 1. The van der Waals surface area contributed by atoms with Gasteiger partial charge in [-0.2, -0.15) is 3.71 Å². The number of imidazole rings is 1. The number of aliphatic hydroxyl groups excluding tert-OH is 1. The third-order valence-corrected chi connectivity index (χ3v) is 12.3. The van der Waals surface area contributed by atoms with Crippen molar-refractivity contribution >= 4 is 42.7 Å². The van der Waals surface area contributed by atoms with Crippen LogP contribution in [-0.4, -0.2) is 63.8 Å². The molecule has 1 atom stereocenters. The Bertz CT molecular complexity index is 2080. The third-order valence-electron chi connectivity index (χ3n) is 8.08. The standard InChI is InChI=1S/C35H38N4O8S2/c1-35(2,18-19-38-24-36-30-21-29(34(41)47-4)33(46-3)22-31(30)38)37-23-32(40)25-12-11-13-26(20-25)39(48(42,43)27-14-7-5-8-15-27)49(44,45)28-16-9-6-10-17-28/h5-17,20-22,24,32,37,40H,18-19,23H2,1-4H3/t32-/m0/s1. The minimum Gasteiger partial charge on any atom is -0.496 e. The number of carbonyl (C=O) groups excluding carboxylic acids is 1. The van der Waals surface area contributed by atoms with Gasteiger partial charge in [0.2, 0.25) is 0 Å². The van der Waals surface area contributed by atoms with Crippen molar-refractivity contribution in [3.63, 3.8) is 0 Å². The molecule has 0 aliphatic heterocycles. The molecule has 0 aliphatic carbocycles. The van der Waals surface area contributed by atoms with E-state index < -0.39 is 37.7 Å². The van der Waals surface area contributed by atoms with Crippen molar-refractivity contribution in [2.24, 2.45) is 0 Å². The second-order valence-electron chi connectivity index (χ2n) is 11.9. The molecule has 0 saturated carbocycles. The van der Waals surface area contributed by atoms with Gasteiger partial charge in [0.15, 0.2) is 0 Å². The molecule has 1 aromatic heterocycles. The molecular weight excluding hydrogens is 669 g/mol. The average Bonchev–Trinajstić information content (AvgIpc) is 3.51. The molecule has 5 aromatic rings. The van der Waals surface area contributed by atoms with Gasteiger partial charge >= 0.3 is 5.97 Å². The Balaban J connectivity index is 1.35. The molecule has 0 spiro atoms. The molecule has 0 unspecified atom stereocenters. The fraction of sp³-hybridized carbons (Fsp3) is 0.257. The van der Waals surface area contributed by atoms with Crippen LogP contribution in [0.5, 0.6) is 5.75 Å². The van der Waals surface area contributed by atoms with Gasteiger partial charge in [-0.25, -0.2) is 26.6 Å². The maximum atomic E-state index is 13.9. The van der Waals surface area contributed by atoms with Gasteiger partial charge in [-0.15, -0.1) is 0 Å². The lowest BCUT2D eigenvalue weighted by Crippen LogP contribution is -2.42. The number of aromatic nitrogens is 2. The first-order chi connectivity index (χ1) is 23.3. The number of fused-ring (bicyclic) bond motifs is 1. The molecule has 14 heteroatoms. The minimum absolute atomic E-state index is 0.0916. The molecule has 0 radical (unpaired) electrons. The molecule has 0 bridgehead atoms. The summed E-state index contributed by atoms with van der Waals surface area (Å²) < 4.78 is 68.1. The molecule has 5 rings (SSSR count). The lowest BCUT2D eigenvalue weighted by atomic mass is 9.99. The predicted molar refractivity (Wildman–Crippen MR) is 185 cm³/mol. The van der Waals surface area contributed by atoms with E-state index in [-0.39, 0.29) is 27.6 Å². The molecule has 0 amide bonds. The number of sulfonamides is 2. The first kappa shape index (κ1) is 35.5. The molecule has 0 fully saturated rings. The average molecular weight is 707 g/mol. The van der Waals surface area contributed by atoms with E-state index >= 15 is 0 Å². The molecule has 12 nitrogen and oxygen atoms in total. The monoisotopic (exact) mass is 706 g/mol. The fourth-order valence-corrected chi connectivity index (χ4v) is 9.03. The highest BCUT2D eigenvalue weighted by molar-refractivity contribution is 8.10. The summed E-state index contributed by atoms with van der Waals surface area (Å²) in [6.07, 6.45) is 1.19. The number of nitrogens with zero attached hydrogens (tertiary/aromatic N) is 3. The minimum atomic E-state index is -4.59. The molecule has 258 valence electrons. The summed E-state index contributed by atoms with van der Waals surface area (Å²) in [5.41, 5.74) is 1.37. The van der Waals surface area contributed by atoms with Crippen LogP contribution in [0.25, 0.3) is 11.0 Å². The van der Waals surface area contributed by atoms with Crippen LogP contribution in [0, 0.1) is 0 Å². The molecule has 49 heavy (non-hydrogen) atoms. The topological polar surface area (TPSA) is 157 Å². The number of carbonyl (C=O) groups is 1. The zero-order valence-electron chi connectivity index (χ0n) is 27.5. The maximum Gasteiger partial charge on any atom is 0.341 e. The van der Waals surface area contributed by atoms with Crippen LogP contribution in [0.3, 0.4) is 0 Å². The van der Waals surface area contributed by atoms with Gasteiger partial charge in [-0.1, -0.05) is 48.5 Å². The predicted octanol–water partition coefficient (Wildman–Crippen LogP) is 4.91. The van der Waals surface area contributed by atoms with Crippen LogP contribution >= 0.6 is 0 Å². The Morgan fingerprint density at radius 3 is 2.08 bits per heavy atom. The molecule has 0 aliphatic rings. The van der Waals surface area contributed by atoms with Crippen LogP contribution in [0.4, 0.5) is 5.69 Å². The summed E-state index contributed by atoms with van der Waals surface area (Å²) in [4.78, 5) is 16.2. The van der Waals surface area contributed by atoms with Crippen LogP contribution in [0.1, 0.15) is 42.3 Å². The van der Waals surface area contributed by atoms with E-state index in [0.717, 1.165) is 5.52 Å². The zero-order chi connectivity index (χ0) is 35.4. The first-order valence-electron chi connectivity index (χ1n) is 15.3. The van der Waals surface area contributed by atoms with Gasteiger partial charge < -0.3 is 24.5 Å². The lowest BCUT2D eigenvalue weighted by molar-refractivity contribution is 0.0597. The summed E-state index contributed by atoms with van der Waals surface area (Å²) in [7, 11) is -6.39. The molecule has 0 saturated heterocycles. The van der Waals surface area contributed by atoms with E-state index in [4.69, 9.17) is 9.47 Å². The molecule has 1 heterocycles. The van der Waals surface area contributed by atoms with Gasteiger partial charge in [-0.05, 0) is 68.3 Å². The normalized spacial score (nSPS) is 12.8. The maximum absolute atomic E-state index is 13.9. The van der Waals surface area contributed by atoms with Crippen molar-refractivity contribution in [3.05, 3.63) is 115 Å².